The predicted molar refractivity (Wildman–Crippen MR) is 95.3 cm³/mol. The average Bonchev–Trinajstić information content (AvgIpc) is 2.82. The molecule has 5 nitrogen and oxygen atoms in total. The lowest BCUT2D eigenvalue weighted by Crippen LogP contribution is -2.37. The number of nitrogens with one attached hydrogen (secondary N) is 2. The largest absolute Gasteiger partial charge is 0.350 e. The van der Waals surface area contributed by atoms with E-state index in [1.807, 2.05) is 56.8 Å². The molecule has 23 heavy (non-hydrogen) atoms. The van der Waals surface area contributed by atoms with Crippen molar-refractivity contribution in [3.05, 3.63) is 52.8 Å². The summed E-state index contributed by atoms with van der Waals surface area (Å²) in [6, 6.07) is 10.00. The van der Waals surface area contributed by atoms with Gasteiger partial charge in [-0.1, -0.05) is 12.1 Å². The predicted octanol–water partition coefficient (Wildman–Crippen LogP) is 2.31. The molecule has 2 rings (SSSR count). The van der Waals surface area contributed by atoms with Crippen molar-refractivity contribution in [1.29, 1.82) is 0 Å². The van der Waals surface area contributed by atoms with Gasteiger partial charge < -0.3 is 10.6 Å². The van der Waals surface area contributed by atoms with Gasteiger partial charge >= 0.3 is 0 Å². The Morgan fingerprint density at radius 3 is 2.65 bits per heavy atom. The number of hydrogen-bond donors (Lipinski definition) is 2. The first-order chi connectivity index (χ1) is 10.5. The van der Waals surface area contributed by atoms with Gasteiger partial charge in [0.2, 0.25) is 0 Å². The summed E-state index contributed by atoms with van der Waals surface area (Å²) in [5.74, 6) is -0.0442. The Bertz CT molecular complexity index is 654. The van der Waals surface area contributed by atoms with Crippen molar-refractivity contribution in [3.8, 4) is 0 Å². The van der Waals surface area contributed by atoms with E-state index in [1.54, 1.807) is 0 Å². The number of halogens is 1. The Morgan fingerprint density at radius 2 is 2.04 bits per heavy atom. The molecule has 2 N–H and O–H groups in total. The third-order valence-electron chi connectivity index (χ3n) is 3.69. The molecule has 0 aliphatic rings. The van der Waals surface area contributed by atoms with Crippen molar-refractivity contribution in [2.24, 2.45) is 0 Å². The minimum atomic E-state index is -0.0442. The van der Waals surface area contributed by atoms with Crippen LogP contribution in [0.15, 0.2) is 30.3 Å². The van der Waals surface area contributed by atoms with Crippen molar-refractivity contribution in [3.63, 3.8) is 0 Å². The van der Waals surface area contributed by atoms with E-state index in [0.717, 1.165) is 17.0 Å². The van der Waals surface area contributed by atoms with E-state index in [4.69, 9.17) is 0 Å². The fourth-order valence-corrected chi connectivity index (χ4v) is 2.27. The molecule has 0 aliphatic heterocycles. The second-order valence-corrected chi connectivity index (χ2v) is 5.68. The van der Waals surface area contributed by atoms with Crippen molar-refractivity contribution in [2.75, 3.05) is 13.6 Å². The summed E-state index contributed by atoms with van der Waals surface area (Å²) in [6.07, 6.45) is 0. The molecule has 0 radical (unpaired) electrons. The molecule has 0 bridgehead atoms. The van der Waals surface area contributed by atoms with Gasteiger partial charge in [0, 0.05) is 23.8 Å². The van der Waals surface area contributed by atoms with Crippen LogP contribution >= 0.6 is 12.4 Å². The molecular weight excluding hydrogens is 312 g/mol. The van der Waals surface area contributed by atoms with Gasteiger partial charge in [0.25, 0.3) is 5.91 Å². The summed E-state index contributed by atoms with van der Waals surface area (Å²) >= 11 is 0. The fraction of sp³-hybridized carbons (Fsp3) is 0.412. The lowest BCUT2D eigenvalue weighted by Gasteiger charge is -2.12. The summed E-state index contributed by atoms with van der Waals surface area (Å²) < 4.78 is 1.95. The summed E-state index contributed by atoms with van der Waals surface area (Å²) in [6.45, 7) is 7.33. The van der Waals surface area contributed by atoms with Crippen LogP contribution in [0.2, 0.25) is 0 Å². The van der Waals surface area contributed by atoms with Gasteiger partial charge in [-0.25, -0.2) is 0 Å². The number of nitrogens with zero attached hydrogens (tertiary/aromatic N) is 2. The maximum Gasteiger partial charge on any atom is 0.251 e. The highest BCUT2D eigenvalue weighted by Gasteiger charge is 2.08. The van der Waals surface area contributed by atoms with E-state index in [2.05, 4.69) is 21.8 Å². The molecule has 0 aliphatic carbocycles. The standard InChI is InChI=1S/C17H24N4O.ClH/c1-12-8-14(3)21(20-12)11-15-6-5-7-16(9-15)17(22)19-10-13(2)18-4;/h5-9,13,18H,10-11H2,1-4H3,(H,19,22);1H. The number of aryl methyl sites for hydroxylation is 2. The number of rotatable bonds is 6. The number of benzene rings is 1. The normalized spacial score (nSPS) is 11.7. The Balaban J connectivity index is 0.00000264. The minimum Gasteiger partial charge on any atom is -0.350 e. The molecule has 0 saturated heterocycles. The van der Waals surface area contributed by atoms with Crippen LogP contribution in [0.5, 0.6) is 0 Å². The van der Waals surface area contributed by atoms with Gasteiger partial charge in [-0.3, -0.25) is 9.48 Å². The van der Waals surface area contributed by atoms with Gasteiger partial charge in [-0.2, -0.15) is 5.10 Å². The molecule has 1 aromatic heterocycles. The van der Waals surface area contributed by atoms with Gasteiger partial charge in [0.05, 0.1) is 12.2 Å². The van der Waals surface area contributed by atoms with Crippen LogP contribution in [0.4, 0.5) is 0 Å². The average molecular weight is 337 g/mol. The molecule has 1 amide bonds. The zero-order chi connectivity index (χ0) is 16.1. The number of hydrogen-bond acceptors (Lipinski definition) is 3. The van der Waals surface area contributed by atoms with E-state index in [9.17, 15) is 4.79 Å². The van der Waals surface area contributed by atoms with Gasteiger partial charge in [-0.15, -0.1) is 12.4 Å². The number of aromatic nitrogens is 2. The van der Waals surface area contributed by atoms with Crippen LogP contribution in [-0.2, 0) is 6.54 Å². The number of amides is 1. The van der Waals surface area contributed by atoms with Crippen molar-refractivity contribution < 1.29 is 4.79 Å². The summed E-state index contributed by atoms with van der Waals surface area (Å²) in [5.41, 5.74) is 3.88. The van der Waals surface area contributed by atoms with Crippen LogP contribution in [0.3, 0.4) is 0 Å². The van der Waals surface area contributed by atoms with E-state index in [-0.39, 0.29) is 24.4 Å². The van der Waals surface area contributed by atoms with Gasteiger partial charge in [-0.05, 0) is 51.6 Å². The Hall–Kier alpha value is -1.85. The fourth-order valence-electron chi connectivity index (χ4n) is 2.27. The molecule has 6 heteroatoms. The minimum absolute atomic E-state index is 0. The molecule has 1 aromatic carbocycles. The third kappa shape index (κ3) is 5.37. The maximum absolute atomic E-state index is 12.2. The first-order valence-electron chi connectivity index (χ1n) is 7.55. The molecule has 0 saturated carbocycles. The topological polar surface area (TPSA) is 58.9 Å². The van der Waals surface area contributed by atoms with E-state index < -0.39 is 0 Å². The second kappa shape index (κ2) is 8.70. The highest BCUT2D eigenvalue weighted by molar-refractivity contribution is 5.94. The van der Waals surface area contributed by atoms with E-state index in [1.165, 1.54) is 0 Å². The van der Waals surface area contributed by atoms with Crippen LogP contribution in [0.1, 0.15) is 34.2 Å². The van der Waals surface area contributed by atoms with Crippen molar-refractivity contribution in [2.45, 2.75) is 33.4 Å². The Kier molecular flexibility index (Phi) is 7.26. The van der Waals surface area contributed by atoms with Crippen molar-refractivity contribution in [1.82, 2.24) is 20.4 Å². The highest BCUT2D eigenvalue weighted by atomic mass is 35.5. The lowest BCUT2D eigenvalue weighted by atomic mass is 10.1. The van der Waals surface area contributed by atoms with E-state index in [0.29, 0.717) is 18.7 Å². The SMILES string of the molecule is CNC(C)CNC(=O)c1cccc(Cn2nc(C)cc2C)c1.Cl. The molecule has 2 aromatic rings. The zero-order valence-electron chi connectivity index (χ0n) is 14.1. The smallest absolute Gasteiger partial charge is 0.251 e. The number of carbonyl (C=O) groups is 1. The first kappa shape index (κ1) is 19.2. The Morgan fingerprint density at radius 1 is 1.30 bits per heavy atom. The van der Waals surface area contributed by atoms with Crippen molar-refractivity contribution >= 4 is 18.3 Å². The highest BCUT2D eigenvalue weighted by Crippen LogP contribution is 2.10. The zero-order valence-corrected chi connectivity index (χ0v) is 14.9. The quantitative estimate of drug-likeness (QED) is 0.851. The summed E-state index contributed by atoms with van der Waals surface area (Å²) in [5, 5.41) is 10.5. The van der Waals surface area contributed by atoms with Crippen LogP contribution in [-0.4, -0.2) is 35.3 Å². The van der Waals surface area contributed by atoms with Crippen LogP contribution < -0.4 is 10.6 Å². The summed E-state index contributed by atoms with van der Waals surface area (Å²) in [7, 11) is 1.88. The van der Waals surface area contributed by atoms with E-state index >= 15 is 0 Å². The van der Waals surface area contributed by atoms with Gasteiger partial charge in [0.1, 0.15) is 0 Å². The number of likely N-dealkylation sites (N-methyl/N-ethyl adjacent to an activating group) is 1. The van der Waals surface area contributed by atoms with Crippen LogP contribution in [0.25, 0.3) is 0 Å². The molecule has 1 unspecified atom stereocenters. The molecule has 126 valence electrons. The molecular formula is C17H25ClN4O. The van der Waals surface area contributed by atoms with Gasteiger partial charge in [0.15, 0.2) is 0 Å². The molecule has 0 fully saturated rings. The Labute approximate surface area is 143 Å². The first-order valence-corrected chi connectivity index (χ1v) is 7.55. The second-order valence-electron chi connectivity index (χ2n) is 5.68. The lowest BCUT2D eigenvalue weighted by molar-refractivity contribution is 0.0950. The third-order valence-corrected chi connectivity index (χ3v) is 3.69. The maximum atomic E-state index is 12.2. The monoisotopic (exact) mass is 336 g/mol. The molecule has 1 atom stereocenters. The molecule has 1 heterocycles. The van der Waals surface area contributed by atoms with Crippen LogP contribution in [0, 0.1) is 13.8 Å². The number of carbonyl (C=O) groups excluding carboxylic acids is 1. The molecule has 0 spiro atoms. The summed E-state index contributed by atoms with van der Waals surface area (Å²) in [4.78, 5) is 12.2.